The molecule has 2 rings (SSSR count). The van der Waals surface area contributed by atoms with Gasteiger partial charge in [-0.25, -0.2) is 4.79 Å². The zero-order chi connectivity index (χ0) is 15.2. The number of carboxylic acid groups (broad SMARTS) is 1. The van der Waals surface area contributed by atoms with Crippen LogP contribution in [0.1, 0.15) is 22.8 Å². The summed E-state index contributed by atoms with van der Waals surface area (Å²) in [7, 11) is 0. The Hall–Kier alpha value is -2.69. The van der Waals surface area contributed by atoms with Gasteiger partial charge < -0.3 is 20.3 Å². The zero-order valence-electron chi connectivity index (χ0n) is 11.7. The van der Waals surface area contributed by atoms with Crippen LogP contribution in [-0.2, 0) is 6.61 Å². The highest BCUT2D eigenvalue weighted by atomic mass is 16.5. The van der Waals surface area contributed by atoms with Crippen molar-refractivity contribution in [3.63, 3.8) is 0 Å². The Kier molecular flexibility index (Phi) is 4.66. The van der Waals surface area contributed by atoms with E-state index in [2.05, 4.69) is 0 Å². The number of hydrogen-bond acceptors (Lipinski definition) is 4. The Balaban J connectivity index is 2.15. The van der Waals surface area contributed by atoms with Crippen molar-refractivity contribution in [1.82, 2.24) is 0 Å². The molecule has 0 heterocycles. The van der Waals surface area contributed by atoms with Crippen LogP contribution in [0.4, 0.5) is 5.69 Å². The fraction of sp³-hybridized carbons (Fsp3) is 0.188. The van der Waals surface area contributed by atoms with E-state index in [-0.39, 0.29) is 17.9 Å². The molecule has 0 saturated carbocycles. The molecule has 110 valence electrons. The van der Waals surface area contributed by atoms with E-state index in [1.54, 1.807) is 30.3 Å². The van der Waals surface area contributed by atoms with Gasteiger partial charge in [-0.2, -0.15) is 0 Å². The van der Waals surface area contributed by atoms with Crippen molar-refractivity contribution in [3.05, 3.63) is 53.6 Å². The average molecular weight is 287 g/mol. The lowest BCUT2D eigenvalue weighted by molar-refractivity contribution is 0.0695. The Bertz CT molecular complexity index is 640. The Morgan fingerprint density at radius 2 is 1.81 bits per heavy atom. The number of nitrogen functional groups attached to an aromatic ring is 1. The fourth-order valence-electron chi connectivity index (χ4n) is 1.98. The van der Waals surface area contributed by atoms with E-state index in [0.717, 1.165) is 0 Å². The minimum Gasteiger partial charge on any atom is -0.494 e. The molecule has 0 aliphatic carbocycles. The fourth-order valence-corrected chi connectivity index (χ4v) is 1.98. The molecule has 21 heavy (non-hydrogen) atoms. The molecule has 0 atom stereocenters. The molecule has 2 aromatic rings. The van der Waals surface area contributed by atoms with E-state index >= 15 is 0 Å². The molecule has 0 amide bonds. The van der Waals surface area contributed by atoms with Crippen LogP contribution in [0.15, 0.2) is 42.5 Å². The van der Waals surface area contributed by atoms with Gasteiger partial charge in [0.15, 0.2) is 0 Å². The quantitative estimate of drug-likeness (QED) is 0.798. The predicted molar refractivity (Wildman–Crippen MR) is 79.8 cm³/mol. The number of aromatic carboxylic acids is 1. The van der Waals surface area contributed by atoms with E-state index in [1.165, 1.54) is 0 Å². The lowest BCUT2D eigenvalue weighted by Crippen LogP contribution is -2.09. The minimum absolute atomic E-state index is 0.0819. The summed E-state index contributed by atoms with van der Waals surface area (Å²) >= 11 is 0. The van der Waals surface area contributed by atoms with Gasteiger partial charge in [0, 0.05) is 17.3 Å². The predicted octanol–water partition coefficient (Wildman–Crippen LogP) is 2.94. The highest BCUT2D eigenvalue weighted by Crippen LogP contribution is 2.22. The minimum atomic E-state index is -1.06. The van der Waals surface area contributed by atoms with Crippen molar-refractivity contribution in [3.8, 4) is 11.5 Å². The summed E-state index contributed by atoms with van der Waals surface area (Å²) in [5.41, 5.74) is 6.54. The van der Waals surface area contributed by atoms with E-state index in [4.69, 9.17) is 15.2 Å². The molecule has 2 aromatic carbocycles. The molecule has 0 fully saturated rings. The lowest BCUT2D eigenvalue weighted by Gasteiger charge is -2.11. The van der Waals surface area contributed by atoms with Gasteiger partial charge in [-0.1, -0.05) is 18.2 Å². The highest BCUT2D eigenvalue weighted by molar-refractivity contribution is 5.95. The van der Waals surface area contributed by atoms with Crippen LogP contribution in [0.2, 0.25) is 0 Å². The average Bonchev–Trinajstić information content (AvgIpc) is 2.45. The monoisotopic (exact) mass is 287 g/mol. The SMILES string of the molecule is CCOc1cccc(OCc2cccc(N)c2C(=O)O)c1. The third kappa shape index (κ3) is 3.66. The second-order valence-electron chi connectivity index (χ2n) is 4.38. The molecule has 0 aliphatic rings. The highest BCUT2D eigenvalue weighted by Gasteiger charge is 2.14. The van der Waals surface area contributed by atoms with Crippen molar-refractivity contribution < 1.29 is 19.4 Å². The van der Waals surface area contributed by atoms with Crippen LogP contribution in [0.5, 0.6) is 11.5 Å². The molecule has 0 bridgehead atoms. The van der Waals surface area contributed by atoms with Gasteiger partial charge in [-0.15, -0.1) is 0 Å². The van der Waals surface area contributed by atoms with Gasteiger partial charge in [0.2, 0.25) is 0 Å². The van der Waals surface area contributed by atoms with Gasteiger partial charge in [-0.3, -0.25) is 0 Å². The van der Waals surface area contributed by atoms with Crippen LogP contribution < -0.4 is 15.2 Å². The molecule has 0 radical (unpaired) electrons. The molecule has 0 unspecified atom stereocenters. The summed E-state index contributed by atoms with van der Waals surface area (Å²) in [6, 6.07) is 12.1. The third-order valence-corrected chi connectivity index (χ3v) is 2.91. The standard InChI is InChI=1S/C16H17NO4/c1-2-20-12-6-4-7-13(9-12)21-10-11-5-3-8-14(17)15(11)16(18)19/h3-9H,2,10,17H2,1H3,(H,18,19). The van der Waals surface area contributed by atoms with Crippen molar-refractivity contribution in [2.24, 2.45) is 0 Å². The number of rotatable bonds is 6. The molecule has 0 spiro atoms. The first kappa shape index (κ1) is 14.7. The maximum absolute atomic E-state index is 11.2. The summed E-state index contributed by atoms with van der Waals surface area (Å²) in [6.07, 6.45) is 0. The topological polar surface area (TPSA) is 81.8 Å². The van der Waals surface area contributed by atoms with E-state index < -0.39 is 5.97 Å². The number of ether oxygens (including phenoxy) is 2. The first-order chi connectivity index (χ1) is 10.1. The molecular formula is C16H17NO4. The number of nitrogens with two attached hydrogens (primary N) is 1. The van der Waals surface area contributed by atoms with Gasteiger partial charge in [0.05, 0.1) is 12.2 Å². The molecular weight excluding hydrogens is 270 g/mol. The van der Waals surface area contributed by atoms with Crippen LogP contribution in [0, 0.1) is 0 Å². The summed E-state index contributed by atoms with van der Waals surface area (Å²) in [5.74, 6) is 0.260. The second kappa shape index (κ2) is 6.65. The van der Waals surface area contributed by atoms with Crippen molar-refractivity contribution in [2.75, 3.05) is 12.3 Å². The van der Waals surface area contributed by atoms with Crippen molar-refractivity contribution in [1.29, 1.82) is 0 Å². The summed E-state index contributed by atoms with van der Waals surface area (Å²) in [4.78, 5) is 11.2. The maximum atomic E-state index is 11.2. The Labute approximate surface area is 122 Å². The summed E-state index contributed by atoms with van der Waals surface area (Å²) in [5, 5.41) is 9.20. The number of benzene rings is 2. The first-order valence-corrected chi connectivity index (χ1v) is 6.58. The second-order valence-corrected chi connectivity index (χ2v) is 4.38. The molecule has 5 heteroatoms. The first-order valence-electron chi connectivity index (χ1n) is 6.58. The smallest absolute Gasteiger partial charge is 0.338 e. The molecule has 5 nitrogen and oxygen atoms in total. The van der Waals surface area contributed by atoms with E-state index in [1.807, 2.05) is 19.1 Å². The Morgan fingerprint density at radius 1 is 1.14 bits per heavy atom. The van der Waals surface area contributed by atoms with Crippen LogP contribution in [0.25, 0.3) is 0 Å². The van der Waals surface area contributed by atoms with Crippen molar-refractivity contribution in [2.45, 2.75) is 13.5 Å². The third-order valence-electron chi connectivity index (χ3n) is 2.91. The molecule has 0 aromatic heterocycles. The lowest BCUT2D eigenvalue weighted by atomic mass is 10.1. The maximum Gasteiger partial charge on any atom is 0.338 e. The number of hydrogen-bond donors (Lipinski definition) is 2. The summed E-state index contributed by atoms with van der Waals surface area (Å²) in [6.45, 7) is 2.60. The van der Waals surface area contributed by atoms with E-state index in [9.17, 15) is 9.90 Å². The van der Waals surface area contributed by atoms with E-state index in [0.29, 0.717) is 23.7 Å². The largest absolute Gasteiger partial charge is 0.494 e. The van der Waals surface area contributed by atoms with Crippen molar-refractivity contribution >= 4 is 11.7 Å². The van der Waals surface area contributed by atoms with Gasteiger partial charge in [-0.05, 0) is 25.1 Å². The van der Waals surface area contributed by atoms with Crippen LogP contribution in [-0.4, -0.2) is 17.7 Å². The van der Waals surface area contributed by atoms with Gasteiger partial charge in [0.1, 0.15) is 18.1 Å². The molecule has 0 saturated heterocycles. The normalized spacial score (nSPS) is 10.1. The zero-order valence-corrected chi connectivity index (χ0v) is 11.7. The van der Waals surface area contributed by atoms with Gasteiger partial charge in [0.25, 0.3) is 0 Å². The summed E-state index contributed by atoms with van der Waals surface area (Å²) < 4.78 is 11.0. The van der Waals surface area contributed by atoms with Crippen LogP contribution in [0.3, 0.4) is 0 Å². The van der Waals surface area contributed by atoms with Gasteiger partial charge >= 0.3 is 5.97 Å². The molecule has 0 aliphatic heterocycles. The van der Waals surface area contributed by atoms with Crippen LogP contribution >= 0.6 is 0 Å². The number of carbonyl (C=O) groups is 1. The number of carboxylic acids is 1. The Morgan fingerprint density at radius 3 is 2.48 bits per heavy atom. The molecule has 3 N–H and O–H groups in total. The number of anilines is 1.